The van der Waals surface area contributed by atoms with Crippen LogP contribution in [0.25, 0.3) is 0 Å². The molecule has 0 saturated heterocycles. The van der Waals surface area contributed by atoms with Crippen LogP contribution in [0.1, 0.15) is 24.9 Å². The van der Waals surface area contributed by atoms with E-state index in [1.165, 1.54) is 6.07 Å². The molecule has 1 unspecified atom stereocenters. The predicted molar refractivity (Wildman–Crippen MR) is 67.4 cm³/mol. The van der Waals surface area contributed by atoms with E-state index in [9.17, 15) is 4.39 Å². The highest BCUT2D eigenvalue weighted by Gasteiger charge is 2.16. The van der Waals surface area contributed by atoms with E-state index in [0.717, 1.165) is 5.56 Å². The number of para-hydroxylation sites is 1. The fourth-order valence-corrected chi connectivity index (χ4v) is 1.77. The molecule has 0 amide bonds. The highest BCUT2D eigenvalue weighted by atomic mass is 19.1. The van der Waals surface area contributed by atoms with E-state index in [1.807, 2.05) is 27.1 Å². The number of halogens is 1. The molecule has 0 aromatic heterocycles. The molecule has 1 N–H and O–H groups in total. The number of anilines is 1. The zero-order valence-corrected chi connectivity index (χ0v) is 10.5. The van der Waals surface area contributed by atoms with Crippen molar-refractivity contribution in [2.45, 2.75) is 19.4 Å². The lowest BCUT2D eigenvalue weighted by atomic mass is 10.0. The molecule has 0 aliphatic rings. The van der Waals surface area contributed by atoms with Crippen LogP contribution in [0.4, 0.5) is 10.1 Å². The van der Waals surface area contributed by atoms with Crippen LogP contribution in [-0.4, -0.2) is 20.6 Å². The first-order valence-corrected chi connectivity index (χ1v) is 5.65. The van der Waals surface area contributed by atoms with E-state index in [4.69, 9.17) is 5.26 Å². The number of benzene rings is 1. The third-order valence-corrected chi connectivity index (χ3v) is 2.86. The number of rotatable bonds is 5. The molecule has 0 fully saturated rings. The van der Waals surface area contributed by atoms with Gasteiger partial charge in [-0.3, -0.25) is 0 Å². The Labute approximate surface area is 102 Å². The first-order valence-electron chi connectivity index (χ1n) is 5.65. The lowest BCUT2D eigenvalue weighted by molar-refractivity contribution is 0.603. The van der Waals surface area contributed by atoms with Crippen molar-refractivity contribution in [1.82, 2.24) is 5.32 Å². The quantitative estimate of drug-likeness (QED) is 0.852. The maximum atomic E-state index is 13.9. The summed E-state index contributed by atoms with van der Waals surface area (Å²) in [7, 11) is 3.65. The summed E-state index contributed by atoms with van der Waals surface area (Å²) in [4.78, 5) is 1.79. The van der Waals surface area contributed by atoms with Gasteiger partial charge in [-0.1, -0.05) is 12.1 Å². The Balaban J connectivity index is 3.07. The second-order valence-corrected chi connectivity index (χ2v) is 4.02. The van der Waals surface area contributed by atoms with E-state index in [2.05, 4.69) is 11.4 Å². The lowest BCUT2D eigenvalue weighted by Gasteiger charge is -2.24. The van der Waals surface area contributed by atoms with Crippen molar-refractivity contribution in [2.75, 3.05) is 25.5 Å². The fraction of sp³-hybridized carbons (Fsp3) is 0.462. The maximum Gasteiger partial charge on any atom is 0.146 e. The molecule has 1 atom stereocenters. The molecular weight excluding hydrogens is 217 g/mol. The predicted octanol–water partition coefficient (Wildman–Crippen LogP) is 2.46. The summed E-state index contributed by atoms with van der Waals surface area (Å²) in [6, 6.07) is 7.21. The number of hydrogen-bond acceptors (Lipinski definition) is 3. The summed E-state index contributed by atoms with van der Waals surface area (Å²) in [5.41, 5.74) is 1.48. The minimum Gasteiger partial charge on any atom is -0.371 e. The Morgan fingerprint density at radius 2 is 2.24 bits per heavy atom. The van der Waals surface area contributed by atoms with Gasteiger partial charge in [-0.25, -0.2) is 4.39 Å². The Morgan fingerprint density at radius 1 is 1.53 bits per heavy atom. The van der Waals surface area contributed by atoms with Gasteiger partial charge in [0, 0.05) is 19.6 Å². The van der Waals surface area contributed by atoms with Gasteiger partial charge < -0.3 is 10.2 Å². The molecule has 0 aliphatic carbocycles. The van der Waals surface area contributed by atoms with Crippen LogP contribution in [0.5, 0.6) is 0 Å². The van der Waals surface area contributed by atoms with Crippen molar-refractivity contribution in [2.24, 2.45) is 0 Å². The number of nitriles is 1. The van der Waals surface area contributed by atoms with Gasteiger partial charge in [-0.05, 0) is 25.6 Å². The minimum absolute atomic E-state index is 0.0743. The van der Waals surface area contributed by atoms with Crippen molar-refractivity contribution in [1.29, 1.82) is 5.26 Å². The van der Waals surface area contributed by atoms with Crippen LogP contribution < -0.4 is 10.2 Å². The number of nitrogens with zero attached hydrogens (tertiary/aromatic N) is 2. The molecule has 92 valence electrons. The SMILES string of the molecule is CNC(C)c1cccc(F)c1N(C)CCC#N. The molecule has 0 aliphatic heterocycles. The van der Waals surface area contributed by atoms with E-state index < -0.39 is 0 Å². The first-order chi connectivity index (χ1) is 8.11. The molecule has 0 spiro atoms. The van der Waals surface area contributed by atoms with Crippen molar-refractivity contribution < 1.29 is 4.39 Å². The normalized spacial score (nSPS) is 11.9. The third kappa shape index (κ3) is 3.18. The lowest BCUT2D eigenvalue weighted by Crippen LogP contribution is -2.24. The van der Waals surface area contributed by atoms with Crippen LogP contribution in [0.2, 0.25) is 0 Å². The highest BCUT2D eigenvalue weighted by Crippen LogP contribution is 2.28. The Hall–Kier alpha value is -1.60. The van der Waals surface area contributed by atoms with E-state index in [-0.39, 0.29) is 11.9 Å². The number of hydrogen-bond donors (Lipinski definition) is 1. The van der Waals surface area contributed by atoms with Crippen LogP contribution in [0, 0.1) is 17.1 Å². The van der Waals surface area contributed by atoms with E-state index in [1.54, 1.807) is 11.0 Å². The zero-order chi connectivity index (χ0) is 12.8. The second-order valence-electron chi connectivity index (χ2n) is 4.02. The summed E-state index contributed by atoms with van der Waals surface area (Å²) < 4.78 is 13.9. The van der Waals surface area contributed by atoms with Crippen molar-refractivity contribution in [3.05, 3.63) is 29.6 Å². The fourth-order valence-electron chi connectivity index (χ4n) is 1.77. The van der Waals surface area contributed by atoms with Crippen LogP contribution >= 0.6 is 0 Å². The van der Waals surface area contributed by atoms with Crippen molar-refractivity contribution in [3.63, 3.8) is 0 Å². The zero-order valence-electron chi connectivity index (χ0n) is 10.5. The molecule has 0 bridgehead atoms. The van der Waals surface area contributed by atoms with Crippen molar-refractivity contribution >= 4 is 5.69 Å². The molecule has 4 heteroatoms. The van der Waals surface area contributed by atoms with Gasteiger partial charge in [0.1, 0.15) is 5.82 Å². The highest BCUT2D eigenvalue weighted by molar-refractivity contribution is 5.55. The Morgan fingerprint density at radius 3 is 2.82 bits per heavy atom. The Kier molecular flexibility index (Phi) is 4.92. The van der Waals surface area contributed by atoms with Crippen molar-refractivity contribution in [3.8, 4) is 6.07 Å². The van der Waals surface area contributed by atoms with Gasteiger partial charge in [-0.2, -0.15) is 5.26 Å². The summed E-state index contributed by atoms with van der Waals surface area (Å²) in [6.45, 7) is 2.51. The molecule has 1 rings (SSSR count). The summed E-state index contributed by atoms with van der Waals surface area (Å²) in [6.07, 6.45) is 0.387. The van der Waals surface area contributed by atoms with Gasteiger partial charge >= 0.3 is 0 Å². The van der Waals surface area contributed by atoms with Crippen LogP contribution in [0.15, 0.2) is 18.2 Å². The second kappa shape index (κ2) is 6.21. The molecule has 0 saturated carbocycles. The van der Waals surface area contributed by atoms with Crippen LogP contribution in [0.3, 0.4) is 0 Å². The molecule has 0 heterocycles. The summed E-state index contributed by atoms with van der Waals surface area (Å²) >= 11 is 0. The van der Waals surface area contributed by atoms with Gasteiger partial charge in [-0.15, -0.1) is 0 Å². The molecular formula is C13H18FN3. The van der Waals surface area contributed by atoms with Gasteiger partial charge in [0.15, 0.2) is 0 Å². The molecule has 1 aromatic rings. The molecule has 3 nitrogen and oxygen atoms in total. The van der Waals surface area contributed by atoms with E-state index in [0.29, 0.717) is 18.7 Å². The summed E-state index contributed by atoms with van der Waals surface area (Å²) in [5.74, 6) is -0.245. The Bertz CT molecular complexity index is 412. The number of nitrogens with one attached hydrogen (secondary N) is 1. The average Bonchev–Trinajstić information content (AvgIpc) is 2.34. The monoisotopic (exact) mass is 235 g/mol. The van der Waals surface area contributed by atoms with Crippen LogP contribution in [-0.2, 0) is 0 Å². The summed E-state index contributed by atoms with van der Waals surface area (Å²) in [5, 5.41) is 11.7. The minimum atomic E-state index is -0.245. The first kappa shape index (κ1) is 13.5. The molecule has 0 radical (unpaired) electrons. The maximum absolute atomic E-state index is 13.9. The smallest absolute Gasteiger partial charge is 0.146 e. The molecule has 17 heavy (non-hydrogen) atoms. The average molecular weight is 235 g/mol. The van der Waals surface area contributed by atoms with Gasteiger partial charge in [0.2, 0.25) is 0 Å². The van der Waals surface area contributed by atoms with Gasteiger partial charge in [0.25, 0.3) is 0 Å². The standard InChI is InChI=1S/C13H18FN3/c1-10(16-2)11-6-4-7-12(14)13(11)17(3)9-5-8-15/h4,6-7,10,16H,5,9H2,1-3H3. The molecule has 1 aromatic carbocycles. The largest absolute Gasteiger partial charge is 0.371 e. The topological polar surface area (TPSA) is 39.1 Å². The third-order valence-electron chi connectivity index (χ3n) is 2.86. The van der Waals surface area contributed by atoms with E-state index >= 15 is 0 Å². The van der Waals surface area contributed by atoms with Gasteiger partial charge in [0.05, 0.1) is 18.2 Å².